The quantitative estimate of drug-likeness (QED) is 0.785. The summed E-state index contributed by atoms with van der Waals surface area (Å²) in [5.74, 6) is 2.54. The molecule has 0 spiro atoms. The Morgan fingerprint density at radius 3 is 3.00 bits per heavy atom. The summed E-state index contributed by atoms with van der Waals surface area (Å²) in [4.78, 5) is 6.74. The first kappa shape index (κ1) is 18.1. The molecule has 25 heavy (non-hydrogen) atoms. The maximum atomic E-state index is 10.3. The number of nitrogens with zero attached hydrogens (tertiary/aromatic N) is 4. The summed E-state index contributed by atoms with van der Waals surface area (Å²) in [6, 6.07) is 4.09. The highest BCUT2D eigenvalue weighted by Crippen LogP contribution is 2.19. The van der Waals surface area contributed by atoms with E-state index in [-0.39, 0.29) is 0 Å². The van der Waals surface area contributed by atoms with E-state index >= 15 is 0 Å². The van der Waals surface area contributed by atoms with Crippen LogP contribution in [0.15, 0.2) is 22.8 Å². The van der Waals surface area contributed by atoms with Crippen molar-refractivity contribution >= 4 is 0 Å². The van der Waals surface area contributed by atoms with Gasteiger partial charge in [-0.1, -0.05) is 6.42 Å². The highest BCUT2D eigenvalue weighted by atomic mass is 16.5. The van der Waals surface area contributed by atoms with Crippen molar-refractivity contribution in [2.75, 3.05) is 19.7 Å². The fourth-order valence-electron chi connectivity index (χ4n) is 3.45. The number of β-amino-alcohol motifs (C(OH)–C–C–N with tert-alkyl or cyclic N) is 1. The lowest BCUT2D eigenvalue weighted by atomic mass is 10.0. The lowest BCUT2D eigenvalue weighted by Crippen LogP contribution is -2.46. The van der Waals surface area contributed by atoms with E-state index in [1.54, 1.807) is 6.26 Å². The Balaban J connectivity index is 1.49. The zero-order valence-electron chi connectivity index (χ0n) is 15.1. The van der Waals surface area contributed by atoms with Gasteiger partial charge in [0.1, 0.15) is 24.0 Å². The topological polar surface area (TPSA) is 76.6 Å². The van der Waals surface area contributed by atoms with Crippen molar-refractivity contribution < 1.29 is 14.3 Å². The highest BCUT2D eigenvalue weighted by molar-refractivity contribution is 4.96. The zero-order chi connectivity index (χ0) is 17.6. The molecule has 0 aliphatic carbocycles. The van der Waals surface area contributed by atoms with Crippen molar-refractivity contribution in [1.82, 2.24) is 19.7 Å². The molecule has 138 valence electrons. The summed E-state index contributed by atoms with van der Waals surface area (Å²) < 4.78 is 12.8. The third-order valence-electron chi connectivity index (χ3n) is 4.68. The van der Waals surface area contributed by atoms with E-state index in [9.17, 15) is 5.11 Å². The fraction of sp³-hybridized carbons (Fsp3) is 0.667. The standard InChI is InChI=1S/C18H28N4O3/c1-14-19-15(2)22(20-14)10-16-6-3-4-8-21(16)11-17(23)12-24-13-18-7-5-9-25-18/h5,7,9,16-17,23H,3-4,6,8,10-13H2,1-2H3. The minimum Gasteiger partial charge on any atom is -0.467 e. The monoisotopic (exact) mass is 348 g/mol. The second-order valence-corrected chi connectivity index (χ2v) is 6.78. The molecule has 2 aromatic heterocycles. The molecule has 7 nitrogen and oxygen atoms in total. The van der Waals surface area contributed by atoms with Gasteiger partial charge in [0.05, 0.1) is 25.5 Å². The number of aryl methyl sites for hydroxylation is 2. The van der Waals surface area contributed by atoms with Gasteiger partial charge in [0, 0.05) is 12.6 Å². The molecule has 1 aliphatic heterocycles. The minimum absolute atomic E-state index is 0.311. The van der Waals surface area contributed by atoms with Crippen LogP contribution in [0, 0.1) is 13.8 Å². The summed E-state index contributed by atoms with van der Waals surface area (Å²) >= 11 is 0. The number of likely N-dealkylation sites (tertiary alicyclic amines) is 1. The van der Waals surface area contributed by atoms with Gasteiger partial charge in [-0.25, -0.2) is 9.67 Å². The average molecular weight is 348 g/mol. The molecule has 1 fully saturated rings. The van der Waals surface area contributed by atoms with Crippen molar-refractivity contribution in [2.24, 2.45) is 0 Å². The third kappa shape index (κ3) is 5.14. The van der Waals surface area contributed by atoms with Gasteiger partial charge in [-0.15, -0.1) is 0 Å². The molecule has 0 saturated carbocycles. The Morgan fingerprint density at radius 1 is 1.40 bits per heavy atom. The molecule has 2 atom stereocenters. The zero-order valence-corrected chi connectivity index (χ0v) is 15.1. The van der Waals surface area contributed by atoms with Crippen molar-refractivity contribution in [2.45, 2.75) is 58.4 Å². The third-order valence-corrected chi connectivity index (χ3v) is 4.68. The van der Waals surface area contributed by atoms with Crippen LogP contribution in [0.2, 0.25) is 0 Å². The first-order valence-electron chi connectivity index (χ1n) is 9.02. The van der Waals surface area contributed by atoms with Gasteiger partial charge < -0.3 is 14.3 Å². The van der Waals surface area contributed by atoms with E-state index in [0.717, 1.165) is 36.9 Å². The Bertz CT molecular complexity index is 641. The van der Waals surface area contributed by atoms with Gasteiger partial charge in [0.15, 0.2) is 0 Å². The molecule has 0 amide bonds. The van der Waals surface area contributed by atoms with Crippen LogP contribution in [0.3, 0.4) is 0 Å². The van der Waals surface area contributed by atoms with Crippen molar-refractivity contribution in [1.29, 1.82) is 0 Å². The number of hydrogen-bond donors (Lipinski definition) is 1. The summed E-state index contributed by atoms with van der Waals surface area (Å²) in [6.07, 6.45) is 4.64. The number of aliphatic hydroxyl groups excluding tert-OH is 1. The number of hydrogen-bond acceptors (Lipinski definition) is 6. The minimum atomic E-state index is -0.505. The predicted molar refractivity (Wildman–Crippen MR) is 93.1 cm³/mol. The van der Waals surface area contributed by atoms with E-state index in [1.165, 1.54) is 12.8 Å². The molecule has 3 rings (SSSR count). The van der Waals surface area contributed by atoms with Gasteiger partial charge in [0.25, 0.3) is 0 Å². The number of ether oxygens (including phenoxy) is 1. The van der Waals surface area contributed by atoms with E-state index in [4.69, 9.17) is 9.15 Å². The van der Waals surface area contributed by atoms with Crippen LogP contribution in [-0.2, 0) is 17.9 Å². The molecule has 0 radical (unpaired) electrons. The van der Waals surface area contributed by atoms with Crippen molar-refractivity contribution in [3.63, 3.8) is 0 Å². The van der Waals surface area contributed by atoms with Gasteiger partial charge in [-0.3, -0.25) is 4.90 Å². The molecule has 2 unspecified atom stereocenters. The van der Waals surface area contributed by atoms with Gasteiger partial charge in [-0.2, -0.15) is 5.10 Å². The normalized spacial score (nSPS) is 20.0. The largest absolute Gasteiger partial charge is 0.467 e. The second kappa shape index (κ2) is 8.60. The fourth-order valence-corrected chi connectivity index (χ4v) is 3.45. The van der Waals surface area contributed by atoms with Crippen LogP contribution >= 0.6 is 0 Å². The summed E-state index contributed by atoms with van der Waals surface area (Å²) in [6.45, 7) is 7.07. The number of aromatic nitrogens is 3. The smallest absolute Gasteiger partial charge is 0.147 e. The first-order chi connectivity index (χ1) is 12.1. The van der Waals surface area contributed by atoms with Crippen molar-refractivity contribution in [3.8, 4) is 0 Å². The first-order valence-corrected chi connectivity index (χ1v) is 9.02. The molecule has 0 bridgehead atoms. The Kier molecular flexibility index (Phi) is 6.23. The maximum Gasteiger partial charge on any atom is 0.147 e. The van der Waals surface area contributed by atoms with Crippen LogP contribution in [0.5, 0.6) is 0 Å². The number of furan rings is 1. The van der Waals surface area contributed by atoms with E-state index in [2.05, 4.69) is 15.0 Å². The van der Waals surface area contributed by atoms with E-state index in [1.807, 2.05) is 30.7 Å². The Labute approximate surface area is 148 Å². The van der Waals surface area contributed by atoms with Gasteiger partial charge in [0.2, 0.25) is 0 Å². The molecule has 7 heteroatoms. The molecule has 1 saturated heterocycles. The average Bonchev–Trinajstić information content (AvgIpc) is 3.19. The van der Waals surface area contributed by atoms with Crippen molar-refractivity contribution in [3.05, 3.63) is 35.8 Å². The van der Waals surface area contributed by atoms with Gasteiger partial charge in [-0.05, 0) is 45.4 Å². The second-order valence-electron chi connectivity index (χ2n) is 6.78. The Morgan fingerprint density at radius 2 is 2.28 bits per heavy atom. The number of piperidine rings is 1. The van der Waals surface area contributed by atoms with E-state index in [0.29, 0.717) is 25.8 Å². The summed E-state index contributed by atoms with van der Waals surface area (Å²) in [7, 11) is 0. The maximum absolute atomic E-state index is 10.3. The van der Waals surface area contributed by atoms with Crippen LogP contribution in [0.4, 0.5) is 0 Å². The molecule has 0 aromatic carbocycles. The van der Waals surface area contributed by atoms with Crippen LogP contribution in [0.1, 0.15) is 36.7 Å². The number of aliphatic hydroxyl groups is 1. The molecule has 1 aliphatic rings. The molecular weight excluding hydrogens is 320 g/mol. The number of rotatable bonds is 8. The van der Waals surface area contributed by atoms with Crippen LogP contribution in [-0.4, -0.2) is 56.6 Å². The molecule has 3 heterocycles. The predicted octanol–water partition coefficient (Wildman–Crippen LogP) is 1.92. The van der Waals surface area contributed by atoms with Crippen LogP contribution < -0.4 is 0 Å². The van der Waals surface area contributed by atoms with E-state index < -0.39 is 6.10 Å². The molecule has 2 aromatic rings. The van der Waals surface area contributed by atoms with Gasteiger partial charge >= 0.3 is 0 Å². The summed E-state index contributed by atoms with van der Waals surface area (Å²) in [5.41, 5.74) is 0. The lowest BCUT2D eigenvalue weighted by molar-refractivity contribution is -0.00935. The molecule has 1 N–H and O–H groups in total. The summed E-state index contributed by atoms with van der Waals surface area (Å²) in [5, 5.41) is 14.8. The Hall–Kier alpha value is -1.70. The van der Waals surface area contributed by atoms with Crippen LogP contribution in [0.25, 0.3) is 0 Å². The molecular formula is C18H28N4O3. The highest BCUT2D eigenvalue weighted by Gasteiger charge is 2.25. The lowest BCUT2D eigenvalue weighted by Gasteiger charge is -2.36. The SMILES string of the molecule is Cc1nc(C)n(CC2CCCCN2CC(O)COCc2ccco2)n1.